The second-order valence-corrected chi connectivity index (χ2v) is 10.2. The van der Waals surface area contributed by atoms with Crippen molar-refractivity contribution in [1.29, 1.82) is 0 Å². The summed E-state index contributed by atoms with van der Waals surface area (Å²) in [5.74, 6) is 0.988. The van der Waals surface area contributed by atoms with Crippen molar-refractivity contribution < 1.29 is 0 Å². The minimum atomic E-state index is 0.988. The second-order valence-electron chi connectivity index (χ2n) is 10.2. The molecule has 1 aromatic heterocycles. The molecule has 6 aromatic carbocycles. The first-order valence-electron chi connectivity index (χ1n) is 13.1. The van der Waals surface area contributed by atoms with E-state index in [4.69, 9.17) is 4.98 Å². The van der Waals surface area contributed by atoms with Crippen LogP contribution >= 0.6 is 0 Å². The van der Waals surface area contributed by atoms with Gasteiger partial charge in [0.15, 0.2) is 0 Å². The Hall–Kier alpha value is -4.69. The highest BCUT2D eigenvalue weighted by molar-refractivity contribution is 6.09. The number of imidazole rings is 1. The first kappa shape index (κ1) is 22.5. The van der Waals surface area contributed by atoms with E-state index in [9.17, 15) is 0 Å². The SMILES string of the molecule is Cc1c(C)c(-c2ccc3c(c2)nc(-c2ccccc2)n3C)c2ccccc2c1-c1ccc2ccccc2c1. The number of aryl methyl sites for hydroxylation is 1. The van der Waals surface area contributed by atoms with Gasteiger partial charge in [-0.2, -0.15) is 0 Å². The summed E-state index contributed by atoms with van der Waals surface area (Å²) in [6, 6.07) is 41.4. The van der Waals surface area contributed by atoms with E-state index in [0.717, 1.165) is 22.4 Å². The summed E-state index contributed by atoms with van der Waals surface area (Å²) in [6.45, 7) is 4.53. The molecule has 0 bridgehead atoms. The van der Waals surface area contributed by atoms with Crippen LogP contribution in [0.3, 0.4) is 0 Å². The van der Waals surface area contributed by atoms with Crippen molar-refractivity contribution in [3.8, 4) is 33.6 Å². The van der Waals surface area contributed by atoms with E-state index in [0.29, 0.717) is 0 Å². The molecule has 2 nitrogen and oxygen atoms in total. The van der Waals surface area contributed by atoms with Crippen LogP contribution in [-0.4, -0.2) is 9.55 Å². The van der Waals surface area contributed by atoms with Crippen molar-refractivity contribution >= 4 is 32.6 Å². The van der Waals surface area contributed by atoms with Gasteiger partial charge in [0.1, 0.15) is 5.82 Å². The molecular formula is C36H28N2. The van der Waals surface area contributed by atoms with Crippen LogP contribution in [0.15, 0.2) is 115 Å². The molecule has 0 atom stereocenters. The monoisotopic (exact) mass is 488 g/mol. The quantitative estimate of drug-likeness (QED) is 0.242. The minimum Gasteiger partial charge on any atom is -0.327 e. The van der Waals surface area contributed by atoms with Crippen molar-refractivity contribution in [1.82, 2.24) is 9.55 Å². The zero-order valence-corrected chi connectivity index (χ0v) is 21.9. The third-order valence-electron chi connectivity index (χ3n) is 8.02. The fourth-order valence-electron chi connectivity index (χ4n) is 5.99. The molecule has 0 aliphatic heterocycles. The Bertz CT molecular complexity index is 1990. The average Bonchev–Trinajstić information content (AvgIpc) is 3.29. The molecule has 0 N–H and O–H groups in total. The maximum atomic E-state index is 5.06. The molecule has 7 aromatic rings. The molecular weight excluding hydrogens is 460 g/mol. The van der Waals surface area contributed by atoms with Crippen LogP contribution in [0.25, 0.3) is 66.2 Å². The minimum absolute atomic E-state index is 0.988. The van der Waals surface area contributed by atoms with Crippen LogP contribution in [0, 0.1) is 13.8 Å². The zero-order valence-electron chi connectivity index (χ0n) is 21.9. The van der Waals surface area contributed by atoms with E-state index in [-0.39, 0.29) is 0 Å². The van der Waals surface area contributed by atoms with Gasteiger partial charge in [0.25, 0.3) is 0 Å². The van der Waals surface area contributed by atoms with Gasteiger partial charge in [-0.25, -0.2) is 4.98 Å². The highest BCUT2D eigenvalue weighted by atomic mass is 15.1. The predicted octanol–water partition coefficient (Wildman–Crippen LogP) is 9.50. The highest BCUT2D eigenvalue weighted by Crippen LogP contribution is 2.42. The summed E-state index contributed by atoms with van der Waals surface area (Å²) < 4.78 is 2.19. The van der Waals surface area contributed by atoms with E-state index in [1.807, 2.05) is 6.07 Å². The van der Waals surface area contributed by atoms with Crippen molar-refractivity contribution in [3.63, 3.8) is 0 Å². The number of aromatic nitrogens is 2. The lowest BCUT2D eigenvalue weighted by molar-refractivity contribution is 0.959. The smallest absolute Gasteiger partial charge is 0.140 e. The van der Waals surface area contributed by atoms with Crippen molar-refractivity contribution in [2.75, 3.05) is 0 Å². The first-order valence-corrected chi connectivity index (χ1v) is 13.1. The van der Waals surface area contributed by atoms with E-state index in [1.165, 1.54) is 54.9 Å². The fraction of sp³-hybridized carbons (Fsp3) is 0.0833. The molecule has 0 saturated carbocycles. The van der Waals surface area contributed by atoms with Gasteiger partial charge in [0.05, 0.1) is 11.0 Å². The Morgan fingerprint density at radius 2 is 1.11 bits per heavy atom. The summed E-state index contributed by atoms with van der Waals surface area (Å²) in [6.07, 6.45) is 0. The van der Waals surface area contributed by atoms with Gasteiger partial charge in [-0.3, -0.25) is 0 Å². The summed E-state index contributed by atoms with van der Waals surface area (Å²) in [7, 11) is 2.10. The van der Waals surface area contributed by atoms with Crippen molar-refractivity contribution in [2.45, 2.75) is 13.8 Å². The van der Waals surface area contributed by atoms with E-state index in [1.54, 1.807) is 0 Å². The number of nitrogens with zero attached hydrogens (tertiary/aromatic N) is 2. The Morgan fingerprint density at radius 3 is 1.82 bits per heavy atom. The van der Waals surface area contributed by atoms with Crippen LogP contribution in [0.5, 0.6) is 0 Å². The van der Waals surface area contributed by atoms with Gasteiger partial charge in [-0.1, -0.05) is 97.1 Å². The third-order valence-corrected chi connectivity index (χ3v) is 8.02. The van der Waals surface area contributed by atoms with Gasteiger partial charge in [0, 0.05) is 12.6 Å². The summed E-state index contributed by atoms with van der Waals surface area (Å²) in [4.78, 5) is 5.06. The molecule has 0 radical (unpaired) electrons. The molecule has 182 valence electrons. The normalized spacial score (nSPS) is 11.6. The maximum absolute atomic E-state index is 5.06. The van der Waals surface area contributed by atoms with Crippen molar-refractivity contribution in [3.05, 3.63) is 126 Å². The van der Waals surface area contributed by atoms with Gasteiger partial charge in [-0.15, -0.1) is 0 Å². The van der Waals surface area contributed by atoms with E-state index in [2.05, 4.69) is 135 Å². The van der Waals surface area contributed by atoms with Gasteiger partial charge >= 0.3 is 0 Å². The Balaban J connectivity index is 1.45. The largest absolute Gasteiger partial charge is 0.327 e. The lowest BCUT2D eigenvalue weighted by Crippen LogP contribution is -1.96. The van der Waals surface area contributed by atoms with E-state index < -0.39 is 0 Å². The maximum Gasteiger partial charge on any atom is 0.140 e. The molecule has 38 heavy (non-hydrogen) atoms. The molecule has 0 spiro atoms. The Kier molecular flexibility index (Phi) is 5.16. The highest BCUT2D eigenvalue weighted by Gasteiger charge is 2.18. The predicted molar refractivity (Wildman–Crippen MR) is 162 cm³/mol. The standard InChI is InChI=1S/C36H28N2/c1-23-24(2)35(29-19-20-33-32(22-29)37-36(38(33)3)26-12-5-4-6-13-26)31-16-10-9-15-30(31)34(23)28-18-17-25-11-7-8-14-27(25)21-28/h4-22H,1-3H3. The second kappa shape index (κ2) is 8.71. The van der Waals surface area contributed by atoms with Crippen LogP contribution in [0.4, 0.5) is 0 Å². The molecule has 0 amide bonds. The number of fused-ring (bicyclic) bond motifs is 3. The number of hydrogen-bond acceptors (Lipinski definition) is 1. The number of benzene rings is 6. The van der Waals surface area contributed by atoms with Crippen molar-refractivity contribution in [2.24, 2.45) is 7.05 Å². The van der Waals surface area contributed by atoms with Crippen LogP contribution in [0.2, 0.25) is 0 Å². The Labute approximate surface area is 222 Å². The van der Waals surface area contributed by atoms with Crippen LogP contribution in [0.1, 0.15) is 11.1 Å². The van der Waals surface area contributed by atoms with Crippen LogP contribution in [-0.2, 0) is 7.05 Å². The molecule has 0 fully saturated rings. The Morgan fingerprint density at radius 1 is 0.526 bits per heavy atom. The summed E-state index contributed by atoms with van der Waals surface area (Å²) in [5, 5.41) is 5.10. The molecule has 0 aliphatic rings. The molecule has 0 unspecified atom stereocenters. The average molecular weight is 489 g/mol. The van der Waals surface area contributed by atoms with E-state index >= 15 is 0 Å². The molecule has 1 heterocycles. The molecule has 0 aliphatic carbocycles. The number of hydrogen-bond donors (Lipinski definition) is 0. The molecule has 2 heteroatoms. The number of rotatable bonds is 3. The third kappa shape index (κ3) is 3.45. The molecule has 7 rings (SSSR count). The summed E-state index contributed by atoms with van der Waals surface area (Å²) >= 11 is 0. The zero-order chi connectivity index (χ0) is 25.8. The van der Waals surface area contributed by atoms with Crippen LogP contribution < -0.4 is 0 Å². The van der Waals surface area contributed by atoms with Gasteiger partial charge in [0.2, 0.25) is 0 Å². The topological polar surface area (TPSA) is 17.8 Å². The van der Waals surface area contributed by atoms with Gasteiger partial charge in [-0.05, 0) is 87.0 Å². The lowest BCUT2D eigenvalue weighted by atomic mass is 9.84. The fourth-order valence-corrected chi connectivity index (χ4v) is 5.99. The summed E-state index contributed by atoms with van der Waals surface area (Å²) in [5.41, 5.74) is 11.0. The lowest BCUT2D eigenvalue weighted by Gasteiger charge is -2.20. The van der Waals surface area contributed by atoms with Gasteiger partial charge < -0.3 is 4.57 Å². The first-order chi connectivity index (χ1) is 18.6. The molecule has 0 saturated heterocycles.